The average Bonchev–Trinajstić information content (AvgIpc) is 2.14. The molecule has 1 atom stereocenters. The van der Waals surface area contributed by atoms with Crippen LogP contribution in [0, 0.1) is 0 Å². The van der Waals surface area contributed by atoms with Gasteiger partial charge in [-0.15, -0.1) is 9.24 Å². The van der Waals surface area contributed by atoms with E-state index in [1.807, 2.05) is 24.3 Å². The Balaban J connectivity index is 2.13. The summed E-state index contributed by atoms with van der Waals surface area (Å²) in [5, 5.41) is 0.763. The fourth-order valence-corrected chi connectivity index (χ4v) is 2.23. The number of hydrogen-bond acceptors (Lipinski definition) is 2. The predicted octanol–water partition coefficient (Wildman–Crippen LogP) is 1.64. The zero-order valence-electron chi connectivity index (χ0n) is 7.91. The first-order valence-corrected chi connectivity index (χ1v) is 5.81. The highest BCUT2D eigenvalue weighted by atomic mass is 35.5. The van der Waals surface area contributed by atoms with Crippen molar-refractivity contribution in [2.75, 3.05) is 19.4 Å². The normalized spacial score (nSPS) is 20.5. The molecule has 0 radical (unpaired) electrons. The van der Waals surface area contributed by atoms with Gasteiger partial charge in [-0.25, -0.2) is 0 Å². The van der Waals surface area contributed by atoms with Crippen molar-refractivity contribution in [2.24, 2.45) is 5.73 Å². The van der Waals surface area contributed by atoms with Crippen LogP contribution in [0.25, 0.3) is 0 Å². The monoisotopic (exact) mass is 228 g/mol. The lowest BCUT2D eigenvalue weighted by molar-refractivity contribution is 0.0913. The molecule has 2 nitrogen and oxygen atoms in total. The van der Waals surface area contributed by atoms with Crippen LogP contribution in [0.5, 0.6) is 0 Å². The summed E-state index contributed by atoms with van der Waals surface area (Å²) < 4.78 is 0. The third-order valence-electron chi connectivity index (χ3n) is 2.69. The van der Waals surface area contributed by atoms with Crippen LogP contribution in [-0.2, 0) is 5.54 Å². The van der Waals surface area contributed by atoms with Gasteiger partial charge in [0.2, 0.25) is 0 Å². The molecule has 0 aromatic heterocycles. The summed E-state index contributed by atoms with van der Waals surface area (Å²) in [6.07, 6.45) is 0.993. The highest BCUT2D eigenvalue weighted by molar-refractivity contribution is 7.16. The SMILES string of the molecule is NC1(c2ccc(Cl)cc2)CN(CP)C1. The van der Waals surface area contributed by atoms with Crippen LogP contribution >= 0.6 is 20.8 Å². The largest absolute Gasteiger partial charge is 0.319 e. The molecular formula is C10H14ClN2P. The van der Waals surface area contributed by atoms with E-state index in [1.54, 1.807) is 0 Å². The van der Waals surface area contributed by atoms with Crippen molar-refractivity contribution >= 4 is 20.8 Å². The Morgan fingerprint density at radius 2 is 1.93 bits per heavy atom. The van der Waals surface area contributed by atoms with Gasteiger partial charge >= 0.3 is 0 Å². The summed E-state index contributed by atoms with van der Waals surface area (Å²) >= 11 is 5.82. The summed E-state index contributed by atoms with van der Waals surface area (Å²) in [6.45, 7) is 1.86. The minimum Gasteiger partial charge on any atom is -0.319 e. The Morgan fingerprint density at radius 1 is 1.36 bits per heavy atom. The first-order chi connectivity index (χ1) is 6.64. The van der Waals surface area contributed by atoms with Crippen molar-refractivity contribution in [3.05, 3.63) is 34.9 Å². The minimum absolute atomic E-state index is 0.166. The molecule has 1 aromatic rings. The van der Waals surface area contributed by atoms with E-state index < -0.39 is 0 Å². The van der Waals surface area contributed by atoms with Crippen molar-refractivity contribution in [2.45, 2.75) is 5.54 Å². The molecular weight excluding hydrogens is 215 g/mol. The predicted molar refractivity (Wildman–Crippen MR) is 63.5 cm³/mol. The molecule has 76 valence electrons. The number of hydrogen-bond donors (Lipinski definition) is 1. The van der Waals surface area contributed by atoms with Crippen molar-refractivity contribution in [1.29, 1.82) is 0 Å². The topological polar surface area (TPSA) is 29.3 Å². The number of nitrogens with two attached hydrogens (primary N) is 1. The third-order valence-corrected chi connectivity index (χ3v) is 3.46. The summed E-state index contributed by atoms with van der Waals surface area (Å²) in [5.74, 6) is 0. The van der Waals surface area contributed by atoms with Gasteiger partial charge in [-0.05, 0) is 17.7 Å². The highest BCUT2D eigenvalue weighted by Crippen LogP contribution is 2.30. The third kappa shape index (κ3) is 1.80. The van der Waals surface area contributed by atoms with Crippen LogP contribution in [0.3, 0.4) is 0 Å². The molecule has 1 aliphatic heterocycles. The average molecular weight is 229 g/mol. The lowest BCUT2D eigenvalue weighted by Crippen LogP contribution is -2.64. The molecule has 0 bridgehead atoms. The van der Waals surface area contributed by atoms with E-state index in [-0.39, 0.29) is 5.54 Å². The number of benzene rings is 1. The maximum atomic E-state index is 6.25. The maximum Gasteiger partial charge on any atom is 0.0667 e. The van der Waals surface area contributed by atoms with E-state index in [2.05, 4.69) is 14.1 Å². The van der Waals surface area contributed by atoms with Crippen LogP contribution in [0.2, 0.25) is 5.02 Å². The number of nitrogens with zero attached hydrogens (tertiary/aromatic N) is 1. The summed E-state index contributed by atoms with van der Waals surface area (Å²) in [6, 6.07) is 7.83. The molecule has 0 saturated carbocycles. The van der Waals surface area contributed by atoms with Gasteiger partial charge in [0, 0.05) is 24.4 Å². The van der Waals surface area contributed by atoms with Gasteiger partial charge in [-0.3, -0.25) is 4.90 Å². The van der Waals surface area contributed by atoms with Gasteiger partial charge in [0.05, 0.1) is 5.54 Å². The van der Waals surface area contributed by atoms with E-state index in [9.17, 15) is 0 Å². The molecule has 1 heterocycles. The smallest absolute Gasteiger partial charge is 0.0667 e. The van der Waals surface area contributed by atoms with Gasteiger partial charge in [0.1, 0.15) is 0 Å². The second-order valence-electron chi connectivity index (χ2n) is 3.83. The Bertz CT molecular complexity index is 319. The van der Waals surface area contributed by atoms with Crippen LogP contribution < -0.4 is 5.73 Å². The Hall–Kier alpha value is -0.140. The van der Waals surface area contributed by atoms with E-state index in [0.29, 0.717) is 0 Å². The first-order valence-electron chi connectivity index (χ1n) is 4.61. The Kier molecular flexibility index (Phi) is 2.81. The molecule has 0 aliphatic carbocycles. The molecule has 0 amide bonds. The molecule has 1 aliphatic rings. The van der Waals surface area contributed by atoms with E-state index in [1.165, 1.54) is 5.56 Å². The van der Waals surface area contributed by atoms with Crippen LogP contribution in [0.15, 0.2) is 24.3 Å². The van der Waals surface area contributed by atoms with E-state index in [0.717, 1.165) is 24.4 Å². The molecule has 14 heavy (non-hydrogen) atoms. The fourth-order valence-electron chi connectivity index (χ4n) is 1.85. The Morgan fingerprint density at radius 3 is 2.43 bits per heavy atom. The van der Waals surface area contributed by atoms with Crippen molar-refractivity contribution in [3.63, 3.8) is 0 Å². The lowest BCUT2D eigenvalue weighted by Gasteiger charge is -2.47. The summed E-state index contributed by atoms with van der Waals surface area (Å²) in [7, 11) is 2.71. The second-order valence-corrected chi connectivity index (χ2v) is 4.63. The highest BCUT2D eigenvalue weighted by Gasteiger charge is 2.39. The van der Waals surface area contributed by atoms with Gasteiger partial charge in [-0.1, -0.05) is 23.7 Å². The molecule has 1 fully saturated rings. The van der Waals surface area contributed by atoms with Gasteiger partial charge in [0.25, 0.3) is 0 Å². The zero-order valence-corrected chi connectivity index (χ0v) is 9.82. The molecule has 1 unspecified atom stereocenters. The second kappa shape index (κ2) is 3.79. The van der Waals surface area contributed by atoms with Crippen molar-refractivity contribution < 1.29 is 0 Å². The number of likely N-dealkylation sites (tertiary alicyclic amines) is 1. The molecule has 2 N–H and O–H groups in total. The molecule has 1 saturated heterocycles. The van der Waals surface area contributed by atoms with Gasteiger partial charge in [-0.2, -0.15) is 0 Å². The zero-order chi connectivity index (χ0) is 10.2. The molecule has 4 heteroatoms. The lowest BCUT2D eigenvalue weighted by atomic mass is 9.84. The van der Waals surface area contributed by atoms with Crippen LogP contribution in [0.1, 0.15) is 5.56 Å². The Labute approximate surface area is 91.6 Å². The molecule has 0 spiro atoms. The van der Waals surface area contributed by atoms with Gasteiger partial charge in [0.15, 0.2) is 0 Å². The van der Waals surface area contributed by atoms with Crippen molar-refractivity contribution in [1.82, 2.24) is 4.90 Å². The molecule has 2 rings (SSSR count). The minimum atomic E-state index is -0.166. The van der Waals surface area contributed by atoms with Crippen LogP contribution in [0.4, 0.5) is 0 Å². The fraction of sp³-hybridized carbons (Fsp3) is 0.400. The quantitative estimate of drug-likeness (QED) is 0.780. The van der Waals surface area contributed by atoms with Gasteiger partial charge < -0.3 is 5.73 Å². The molecule has 1 aromatic carbocycles. The summed E-state index contributed by atoms with van der Waals surface area (Å²) in [4.78, 5) is 2.29. The van der Waals surface area contributed by atoms with Crippen molar-refractivity contribution in [3.8, 4) is 0 Å². The van der Waals surface area contributed by atoms with E-state index in [4.69, 9.17) is 17.3 Å². The summed E-state index contributed by atoms with van der Waals surface area (Å²) in [5.41, 5.74) is 7.26. The van der Waals surface area contributed by atoms with E-state index >= 15 is 0 Å². The maximum absolute atomic E-state index is 6.25. The number of rotatable bonds is 2. The first kappa shape index (κ1) is 10.4. The standard InChI is InChI=1S/C10H14ClN2P/c11-9-3-1-8(2-4-9)10(12)5-13(6-10)7-14/h1-4H,5-7,12,14H2. The van der Waals surface area contributed by atoms with Crippen LogP contribution in [-0.4, -0.2) is 24.3 Å². The number of halogens is 1.